The van der Waals surface area contributed by atoms with Crippen molar-refractivity contribution >= 4 is 17.7 Å². The van der Waals surface area contributed by atoms with Crippen molar-refractivity contribution in [2.45, 2.75) is 11.8 Å². The number of amides is 1. The van der Waals surface area contributed by atoms with Gasteiger partial charge in [0.1, 0.15) is 18.2 Å². The predicted octanol–water partition coefficient (Wildman–Crippen LogP) is 3.16. The van der Waals surface area contributed by atoms with Crippen LogP contribution < -0.4 is 9.75 Å². The Hall–Kier alpha value is -3.01. The van der Waals surface area contributed by atoms with Gasteiger partial charge in [-0.25, -0.2) is 22.9 Å². The smallest absolute Gasteiger partial charge is 0.272 e. The summed E-state index contributed by atoms with van der Waals surface area (Å²) in [5, 5.41) is 9.89. The Labute approximate surface area is 161 Å². The zero-order valence-corrected chi connectivity index (χ0v) is 15.1. The van der Waals surface area contributed by atoms with Crippen molar-refractivity contribution < 1.29 is 22.7 Å². The molecule has 0 unspecified atom stereocenters. The van der Waals surface area contributed by atoms with E-state index in [9.17, 15) is 18.0 Å². The molecule has 144 valence electrons. The van der Waals surface area contributed by atoms with Crippen LogP contribution in [0.4, 0.5) is 13.2 Å². The van der Waals surface area contributed by atoms with Gasteiger partial charge in [0.05, 0.1) is 6.54 Å². The number of carbonyl (C=O) groups excluding carboxylic acids is 1. The number of halogens is 3. The first kappa shape index (κ1) is 18.4. The standard InChI is InChI=1S/C18H13F3N4O2S/c19-12-3-1-2-11(8-12)17(26)24-6-7-28-18-23-22-16(25(18)24)10-27-15-5-4-13(20)9-14(15)21/h1-5,8-9H,6-7,10H2. The quantitative estimate of drug-likeness (QED) is 0.666. The maximum Gasteiger partial charge on any atom is 0.272 e. The molecule has 0 N–H and O–H groups in total. The Bertz CT molecular complexity index is 1040. The Kier molecular flexibility index (Phi) is 4.95. The van der Waals surface area contributed by atoms with Crippen LogP contribution in [0.1, 0.15) is 16.2 Å². The third-order valence-corrected chi connectivity index (χ3v) is 4.91. The highest BCUT2D eigenvalue weighted by atomic mass is 32.2. The first-order valence-corrected chi connectivity index (χ1v) is 9.24. The van der Waals surface area contributed by atoms with Crippen molar-refractivity contribution in [1.82, 2.24) is 14.9 Å². The van der Waals surface area contributed by atoms with E-state index in [0.717, 1.165) is 12.1 Å². The van der Waals surface area contributed by atoms with Gasteiger partial charge in [-0.05, 0) is 30.3 Å². The average molecular weight is 406 g/mol. The Morgan fingerprint density at radius 2 is 1.93 bits per heavy atom. The monoisotopic (exact) mass is 406 g/mol. The first-order valence-electron chi connectivity index (χ1n) is 8.25. The lowest BCUT2D eigenvalue weighted by Crippen LogP contribution is -2.45. The number of nitrogens with zero attached hydrogens (tertiary/aromatic N) is 4. The molecule has 0 atom stereocenters. The molecule has 6 nitrogen and oxygen atoms in total. The fourth-order valence-electron chi connectivity index (χ4n) is 2.74. The van der Waals surface area contributed by atoms with Crippen LogP contribution in [0.15, 0.2) is 47.6 Å². The van der Waals surface area contributed by atoms with E-state index in [4.69, 9.17) is 4.74 Å². The van der Waals surface area contributed by atoms with Crippen molar-refractivity contribution in [2.24, 2.45) is 0 Å². The number of hydrogen-bond acceptors (Lipinski definition) is 5. The molecular weight excluding hydrogens is 393 g/mol. The molecule has 1 amide bonds. The van der Waals surface area contributed by atoms with Gasteiger partial charge < -0.3 is 4.74 Å². The molecule has 0 bridgehead atoms. The molecule has 2 aromatic carbocycles. The second-order valence-corrected chi connectivity index (χ2v) is 6.92. The Morgan fingerprint density at radius 3 is 2.71 bits per heavy atom. The van der Waals surface area contributed by atoms with Gasteiger partial charge in [0.25, 0.3) is 5.91 Å². The number of hydrogen-bond donors (Lipinski definition) is 0. The molecule has 28 heavy (non-hydrogen) atoms. The summed E-state index contributed by atoms with van der Waals surface area (Å²) in [7, 11) is 0. The number of rotatable bonds is 4. The van der Waals surface area contributed by atoms with Crippen LogP contribution in [0, 0.1) is 17.5 Å². The molecule has 0 saturated carbocycles. The largest absolute Gasteiger partial charge is 0.482 e. The topological polar surface area (TPSA) is 60.3 Å². The van der Waals surface area contributed by atoms with Crippen LogP contribution in [0.25, 0.3) is 0 Å². The maximum atomic E-state index is 13.8. The van der Waals surface area contributed by atoms with E-state index < -0.39 is 23.4 Å². The molecule has 1 aliphatic heterocycles. The molecule has 0 saturated heterocycles. The molecule has 0 radical (unpaired) electrons. The van der Waals surface area contributed by atoms with E-state index in [1.54, 1.807) is 0 Å². The highest BCUT2D eigenvalue weighted by molar-refractivity contribution is 7.99. The third kappa shape index (κ3) is 3.55. The van der Waals surface area contributed by atoms with E-state index in [2.05, 4.69) is 10.2 Å². The molecule has 2 heterocycles. The van der Waals surface area contributed by atoms with Gasteiger partial charge in [-0.3, -0.25) is 4.79 Å². The molecule has 3 aromatic rings. The van der Waals surface area contributed by atoms with E-state index in [-0.39, 0.29) is 23.7 Å². The van der Waals surface area contributed by atoms with Crippen LogP contribution in [0.5, 0.6) is 5.75 Å². The second kappa shape index (κ2) is 7.55. The van der Waals surface area contributed by atoms with Gasteiger partial charge in [-0.15, -0.1) is 10.2 Å². The molecule has 4 rings (SSSR count). The summed E-state index contributed by atoms with van der Waals surface area (Å²) in [4.78, 5) is 12.9. The zero-order valence-electron chi connectivity index (χ0n) is 14.3. The lowest BCUT2D eigenvalue weighted by atomic mass is 10.2. The normalized spacial score (nSPS) is 13.3. The molecule has 0 aliphatic carbocycles. The van der Waals surface area contributed by atoms with Gasteiger partial charge in [0.15, 0.2) is 17.4 Å². The second-order valence-electron chi connectivity index (χ2n) is 5.86. The van der Waals surface area contributed by atoms with Crippen molar-refractivity contribution in [1.29, 1.82) is 0 Å². The van der Waals surface area contributed by atoms with Gasteiger partial charge in [-0.1, -0.05) is 17.8 Å². The Morgan fingerprint density at radius 1 is 1.11 bits per heavy atom. The van der Waals surface area contributed by atoms with Crippen LogP contribution in [0.2, 0.25) is 0 Å². The first-order chi connectivity index (χ1) is 13.5. The molecule has 1 aromatic heterocycles. The van der Waals surface area contributed by atoms with Crippen LogP contribution in [0.3, 0.4) is 0 Å². The summed E-state index contributed by atoms with van der Waals surface area (Å²) in [6.45, 7) is 0.159. The Balaban J connectivity index is 1.60. The number of carbonyl (C=O) groups is 1. The van der Waals surface area contributed by atoms with Crippen molar-refractivity contribution in [2.75, 3.05) is 17.3 Å². The minimum Gasteiger partial charge on any atom is -0.482 e. The molecule has 1 aliphatic rings. The third-order valence-electron chi connectivity index (χ3n) is 4.01. The van der Waals surface area contributed by atoms with Crippen LogP contribution in [-0.4, -0.2) is 33.1 Å². The summed E-state index contributed by atoms with van der Waals surface area (Å²) in [5.41, 5.74) is 0.183. The predicted molar refractivity (Wildman–Crippen MR) is 95.3 cm³/mol. The fraction of sp³-hybridized carbons (Fsp3) is 0.167. The summed E-state index contributed by atoms with van der Waals surface area (Å²) in [6, 6.07) is 8.33. The molecule has 10 heteroatoms. The number of thioether (sulfide) groups is 1. The fourth-order valence-corrected chi connectivity index (χ4v) is 3.61. The summed E-state index contributed by atoms with van der Waals surface area (Å²) in [6.07, 6.45) is 0. The average Bonchev–Trinajstić information content (AvgIpc) is 3.10. The SMILES string of the molecule is O=C(c1cccc(F)c1)N1CCSc2nnc(COc3ccc(F)cc3F)n21. The summed E-state index contributed by atoms with van der Waals surface area (Å²) < 4.78 is 47.1. The lowest BCUT2D eigenvalue weighted by molar-refractivity contribution is 0.0952. The highest BCUT2D eigenvalue weighted by Gasteiger charge is 2.28. The van der Waals surface area contributed by atoms with E-state index >= 15 is 0 Å². The van der Waals surface area contributed by atoms with Gasteiger partial charge >= 0.3 is 0 Å². The molecular formula is C18H13F3N4O2S. The van der Waals surface area contributed by atoms with E-state index in [1.165, 1.54) is 45.7 Å². The maximum absolute atomic E-state index is 13.8. The minimum absolute atomic E-state index is 0.148. The number of ether oxygens (including phenoxy) is 1. The van der Waals surface area contributed by atoms with Crippen molar-refractivity contribution in [3.63, 3.8) is 0 Å². The van der Waals surface area contributed by atoms with Gasteiger partial charge in [0.2, 0.25) is 5.16 Å². The highest BCUT2D eigenvalue weighted by Crippen LogP contribution is 2.25. The van der Waals surface area contributed by atoms with E-state index in [0.29, 0.717) is 23.5 Å². The van der Waals surface area contributed by atoms with E-state index in [1.807, 2.05) is 0 Å². The van der Waals surface area contributed by atoms with Gasteiger partial charge in [0, 0.05) is 17.4 Å². The lowest BCUT2D eigenvalue weighted by Gasteiger charge is -2.29. The van der Waals surface area contributed by atoms with Crippen LogP contribution in [-0.2, 0) is 6.61 Å². The molecule has 0 fully saturated rings. The summed E-state index contributed by atoms with van der Waals surface area (Å²) in [5.74, 6) is -1.80. The minimum atomic E-state index is -0.847. The number of fused-ring (bicyclic) bond motifs is 1. The van der Waals surface area contributed by atoms with Crippen LogP contribution >= 0.6 is 11.8 Å². The van der Waals surface area contributed by atoms with Crippen molar-refractivity contribution in [3.8, 4) is 5.75 Å². The number of aromatic nitrogens is 3. The molecule has 0 spiro atoms. The van der Waals surface area contributed by atoms with Gasteiger partial charge in [-0.2, -0.15) is 0 Å². The number of benzene rings is 2. The summed E-state index contributed by atoms with van der Waals surface area (Å²) >= 11 is 1.40. The van der Waals surface area contributed by atoms with Crippen molar-refractivity contribution in [3.05, 3.63) is 71.3 Å². The zero-order chi connectivity index (χ0) is 19.7.